The normalized spacial score (nSPS) is 14.7. The number of hydrogen-bond acceptors (Lipinski definition) is 5. The van der Waals surface area contributed by atoms with Crippen LogP contribution in [-0.2, 0) is 0 Å². The number of benzene rings is 1. The van der Waals surface area contributed by atoms with E-state index in [-0.39, 0.29) is 11.8 Å². The maximum Gasteiger partial charge on any atom is 0.273 e. The number of carbonyl (C=O) groups excluding carboxylic acids is 2. The lowest BCUT2D eigenvalue weighted by molar-refractivity contribution is 0.0531. The highest BCUT2D eigenvalue weighted by Gasteiger charge is 2.27. The highest BCUT2D eigenvalue weighted by molar-refractivity contribution is 7.07. The Labute approximate surface area is 138 Å². The van der Waals surface area contributed by atoms with Crippen molar-refractivity contribution in [1.29, 1.82) is 0 Å². The Balaban J connectivity index is 1.65. The van der Waals surface area contributed by atoms with Crippen LogP contribution in [0.15, 0.2) is 35.2 Å². The number of para-hydroxylation sites is 1. The molecule has 1 aliphatic heterocycles. The standard InChI is InChI=1S/C16H17N3O3S/c1-22-14-5-3-2-4-12(14)15(20)18-6-8-19(9-7-18)16(21)13-10-23-11-17-13/h2-5,10-11H,6-9H2,1H3. The quantitative estimate of drug-likeness (QED) is 0.860. The van der Waals surface area contributed by atoms with Crippen molar-refractivity contribution < 1.29 is 14.3 Å². The lowest BCUT2D eigenvalue weighted by atomic mass is 10.1. The van der Waals surface area contributed by atoms with Crippen LogP contribution in [0.4, 0.5) is 0 Å². The van der Waals surface area contributed by atoms with Gasteiger partial charge in [-0.05, 0) is 12.1 Å². The van der Waals surface area contributed by atoms with E-state index in [1.165, 1.54) is 11.3 Å². The van der Waals surface area contributed by atoms with E-state index in [9.17, 15) is 9.59 Å². The molecule has 1 aromatic carbocycles. The number of thiazole rings is 1. The molecule has 0 saturated carbocycles. The summed E-state index contributed by atoms with van der Waals surface area (Å²) in [5, 5.41) is 1.74. The fraction of sp³-hybridized carbons (Fsp3) is 0.312. The summed E-state index contributed by atoms with van der Waals surface area (Å²) >= 11 is 1.40. The SMILES string of the molecule is COc1ccccc1C(=O)N1CCN(C(=O)c2cscn2)CC1. The van der Waals surface area contributed by atoms with Gasteiger partial charge in [0.05, 0.1) is 18.2 Å². The zero-order valence-electron chi connectivity index (χ0n) is 12.8. The lowest BCUT2D eigenvalue weighted by Crippen LogP contribution is -2.50. The Morgan fingerprint density at radius 1 is 1.09 bits per heavy atom. The Kier molecular flexibility index (Phi) is 4.57. The summed E-state index contributed by atoms with van der Waals surface area (Å²) in [6.07, 6.45) is 0. The zero-order chi connectivity index (χ0) is 16.2. The average Bonchev–Trinajstić information content (AvgIpc) is 3.15. The maximum atomic E-state index is 12.6. The predicted molar refractivity (Wildman–Crippen MR) is 86.9 cm³/mol. The van der Waals surface area contributed by atoms with Crippen molar-refractivity contribution in [2.24, 2.45) is 0 Å². The van der Waals surface area contributed by atoms with Crippen LogP contribution in [0, 0.1) is 0 Å². The van der Waals surface area contributed by atoms with Gasteiger partial charge in [0, 0.05) is 31.6 Å². The second-order valence-corrected chi connectivity index (χ2v) is 5.88. The first-order valence-corrected chi connectivity index (χ1v) is 8.24. The summed E-state index contributed by atoms with van der Waals surface area (Å²) in [6, 6.07) is 7.18. The number of piperazine rings is 1. The highest BCUT2D eigenvalue weighted by atomic mass is 32.1. The molecule has 3 rings (SSSR count). The fourth-order valence-corrected chi connectivity index (χ4v) is 3.11. The van der Waals surface area contributed by atoms with Gasteiger partial charge in [-0.25, -0.2) is 4.98 Å². The van der Waals surface area contributed by atoms with Gasteiger partial charge < -0.3 is 14.5 Å². The molecule has 1 aromatic heterocycles. The van der Waals surface area contributed by atoms with E-state index < -0.39 is 0 Å². The monoisotopic (exact) mass is 331 g/mol. The average molecular weight is 331 g/mol. The molecule has 0 aliphatic carbocycles. The third-order valence-electron chi connectivity index (χ3n) is 3.84. The first kappa shape index (κ1) is 15.5. The molecule has 2 aromatic rings. The molecule has 7 heteroatoms. The zero-order valence-corrected chi connectivity index (χ0v) is 13.6. The fourth-order valence-electron chi connectivity index (χ4n) is 2.58. The molecule has 0 atom stereocenters. The second-order valence-electron chi connectivity index (χ2n) is 5.16. The third kappa shape index (κ3) is 3.19. The van der Waals surface area contributed by atoms with Crippen LogP contribution < -0.4 is 4.74 Å². The Hall–Kier alpha value is -2.41. The van der Waals surface area contributed by atoms with Crippen LogP contribution in [0.25, 0.3) is 0 Å². The van der Waals surface area contributed by atoms with Crippen LogP contribution >= 0.6 is 11.3 Å². The molecule has 1 saturated heterocycles. The molecule has 120 valence electrons. The Morgan fingerprint density at radius 2 is 1.74 bits per heavy atom. The van der Waals surface area contributed by atoms with Crippen molar-refractivity contribution in [3.8, 4) is 5.75 Å². The van der Waals surface area contributed by atoms with E-state index in [1.807, 2.05) is 12.1 Å². The lowest BCUT2D eigenvalue weighted by Gasteiger charge is -2.34. The number of carbonyl (C=O) groups is 2. The van der Waals surface area contributed by atoms with Gasteiger partial charge in [-0.3, -0.25) is 9.59 Å². The minimum Gasteiger partial charge on any atom is -0.496 e. The van der Waals surface area contributed by atoms with E-state index in [0.29, 0.717) is 43.2 Å². The third-order valence-corrected chi connectivity index (χ3v) is 4.43. The minimum atomic E-state index is -0.0735. The molecule has 6 nitrogen and oxygen atoms in total. The van der Waals surface area contributed by atoms with Crippen LogP contribution in [0.1, 0.15) is 20.8 Å². The van der Waals surface area contributed by atoms with Gasteiger partial charge in [0.25, 0.3) is 11.8 Å². The molecule has 0 unspecified atom stereocenters. The summed E-state index contributed by atoms with van der Waals surface area (Å²) in [5.41, 5.74) is 2.67. The van der Waals surface area contributed by atoms with Gasteiger partial charge in [-0.1, -0.05) is 12.1 Å². The van der Waals surface area contributed by atoms with Gasteiger partial charge in [-0.15, -0.1) is 11.3 Å². The molecule has 0 N–H and O–H groups in total. The number of rotatable bonds is 3. The summed E-state index contributed by atoms with van der Waals surface area (Å²) < 4.78 is 5.25. The highest BCUT2D eigenvalue weighted by Crippen LogP contribution is 2.20. The molecular weight excluding hydrogens is 314 g/mol. The number of nitrogens with zero attached hydrogens (tertiary/aromatic N) is 3. The van der Waals surface area contributed by atoms with Crippen molar-refractivity contribution in [1.82, 2.24) is 14.8 Å². The van der Waals surface area contributed by atoms with E-state index >= 15 is 0 Å². The number of aromatic nitrogens is 1. The predicted octanol–water partition coefficient (Wildman–Crippen LogP) is 1.75. The smallest absolute Gasteiger partial charge is 0.273 e. The summed E-state index contributed by atoms with van der Waals surface area (Å²) in [4.78, 5) is 32.4. The molecular formula is C16H17N3O3S. The summed E-state index contributed by atoms with van der Waals surface area (Å²) in [5.74, 6) is 0.428. The molecule has 2 heterocycles. The van der Waals surface area contributed by atoms with Gasteiger partial charge in [0.2, 0.25) is 0 Å². The Morgan fingerprint density at radius 3 is 2.35 bits per heavy atom. The molecule has 0 bridgehead atoms. The molecule has 1 fully saturated rings. The van der Waals surface area contributed by atoms with Crippen molar-refractivity contribution in [2.75, 3.05) is 33.3 Å². The maximum absolute atomic E-state index is 12.6. The number of hydrogen-bond donors (Lipinski definition) is 0. The molecule has 0 spiro atoms. The number of methoxy groups -OCH3 is 1. The molecule has 1 aliphatic rings. The largest absolute Gasteiger partial charge is 0.496 e. The van der Waals surface area contributed by atoms with Crippen LogP contribution in [0.3, 0.4) is 0 Å². The number of ether oxygens (including phenoxy) is 1. The summed E-state index contributed by atoms with van der Waals surface area (Å²) in [7, 11) is 1.55. The second kappa shape index (κ2) is 6.78. The minimum absolute atomic E-state index is 0.0665. The topological polar surface area (TPSA) is 62.7 Å². The van der Waals surface area contributed by atoms with Gasteiger partial charge in [-0.2, -0.15) is 0 Å². The van der Waals surface area contributed by atoms with Crippen molar-refractivity contribution in [2.45, 2.75) is 0 Å². The van der Waals surface area contributed by atoms with Gasteiger partial charge in [0.15, 0.2) is 0 Å². The first-order chi connectivity index (χ1) is 11.2. The van der Waals surface area contributed by atoms with Gasteiger partial charge >= 0.3 is 0 Å². The van der Waals surface area contributed by atoms with Crippen LogP contribution in [-0.4, -0.2) is 59.9 Å². The molecule has 2 amide bonds. The summed E-state index contributed by atoms with van der Waals surface area (Å²) in [6.45, 7) is 2.04. The Bertz CT molecular complexity index is 694. The van der Waals surface area contributed by atoms with Gasteiger partial charge in [0.1, 0.15) is 11.4 Å². The van der Waals surface area contributed by atoms with Crippen LogP contribution in [0.5, 0.6) is 5.75 Å². The first-order valence-electron chi connectivity index (χ1n) is 7.30. The van der Waals surface area contributed by atoms with Crippen molar-refractivity contribution in [3.63, 3.8) is 0 Å². The van der Waals surface area contributed by atoms with Crippen molar-refractivity contribution >= 4 is 23.2 Å². The van der Waals surface area contributed by atoms with E-state index in [2.05, 4.69) is 4.98 Å². The van der Waals surface area contributed by atoms with E-state index in [4.69, 9.17) is 4.74 Å². The van der Waals surface area contributed by atoms with E-state index in [1.54, 1.807) is 39.9 Å². The van der Waals surface area contributed by atoms with Crippen molar-refractivity contribution in [3.05, 3.63) is 46.4 Å². The van der Waals surface area contributed by atoms with Crippen LogP contribution in [0.2, 0.25) is 0 Å². The van der Waals surface area contributed by atoms with E-state index in [0.717, 1.165) is 0 Å². The molecule has 0 radical (unpaired) electrons. The molecule has 23 heavy (non-hydrogen) atoms. The number of amides is 2.